The van der Waals surface area contributed by atoms with Crippen molar-refractivity contribution in [2.45, 2.75) is 31.2 Å². The van der Waals surface area contributed by atoms with E-state index < -0.39 is 25.0 Å². The Morgan fingerprint density at radius 2 is 2.05 bits per heavy atom. The number of halogens is 3. The highest BCUT2D eigenvalue weighted by atomic mass is 19.4. The normalized spacial score (nSPS) is 19.6. The van der Waals surface area contributed by atoms with Crippen LogP contribution in [0.5, 0.6) is 0 Å². The minimum absolute atomic E-state index is 0.00814. The molecule has 1 aliphatic heterocycles. The second-order valence-corrected chi connectivity index (χ2v) is 4.41. The summed E-state index contributed by atoms with van der Waals surface area (Å²) in [6.45, 7) is -0.556. The minimum atomic E-state index is -4.39. The van der Waals surface area contributed by atoms with Gasteiger partial charge in [0.05, 0.1) is 0 Å². The second-order valence-electron chi connectivity index (χ2n) is 4.41. The van der Waals surface area contributed by atoms with Crippen LogP contribution in [-0.4, -0.2) is 41.1 Å². The first-order valence-electron chi connectivity index (χ1n) is 5.80. The van der Waals surface area contributed by atoms with Crippen molar-refractivity contribution in [1.82, 2.24) is 15.5 Å². The van der Waals surface area contributed by atoms with Crippen LogP contribution in [0, 0.1) is 0 Å². The standard InChI is InChI=1S/C10H14F3N3O3/c11-10(12,13)6-18-5-7-15-8(19-16-7)9(17)1-3-14-4-2-9/h14,17H,1-6H2. The van der Waals surface area contributed by atoms with Gasteiger partial charge >= 0.3 is 6.18 Å². The first-order valence-corrected chi connectivity index (χ1v) is 5.80. The molecule has 0 bridgehead atoms. The summed E-state index contributed by atoms with van der Waals surface area (Å²) in [4.78, 5) is 3.88. The van der Waals surface area contributed by atoms with Crippen LogP contribution in [0.15, 0.2) is 4.52 Å². The molecule has 2 N–H and O–H groups in total. The fraction of sp³-hybridized carbons (Fsp3) is 0.800. The molecule has 108 valence electrons. The fourth-order valence-electron chi connectivity index (χ4n) is 1.81. The third-order valence-electron chi connectivity index (χ3n) is 2.79. The third kappa shape index (κ3) is 3.88. The van der Waals surface area contributed by atoms with Gasteiger partial charge in [0.2, 0.25) is 0 Å². The zero-order valence-corrected chi connectivity index (χ0v) is 10.0. The number of nitrogens with zero attached hydrogens (tertiary/aromatic N) is 2. The molecule has 1 saturated heterocycles. The Labute approximate surface area is 106 Å². The molecule has 0 unspecified atom stereocenters. The summed E-state index contributed by atoms with van der Waals surface area (Å²) in [6, 6.07) is 0. The molecular weight excluding hydrogens is 267 g/mol. The molecule has 9 heteroatoms. The Morgan fingerprint density at radius 3 is 2.68 bits per heavy atom. The van der Waals surface area contributed by atoms with Gasteiger partial charge in [0.1, 0.15) is 18.8 Å². The van der Waals surface area contributed by atoms with Crippen LogP contribution >= 0.6 is 0 Å². The van der Waals surface area contributed by atoms with E-state index in [2.05, 4.69) is 20.2 Å². The summed E-state index contributed by atoms with van der Waals surface area (Å²) >= 11 is 0. The molecule has 0 aliphatic carbocycles. The number of alkyl halides is 3. The van der Waals surface area contributed by atoms with Gasteiger partial charge in [-0.25, -0.2) is 0 Å². The van der Waals surface area contributed by atoms with Gasteiger partial charge < -0.3 is 19.7 Å². The number of rotatable bonds is 4. The molecule has 0 saturated carbocycles. The zero-order valence-electron chi connectivity index (χ0n) is 10.0. The quantitative estimate of drug-likeness (QED) is 0.846. The number of piperidine rings is 1. The third-order valence-corrected chi connectivity index (χ3v) is 2.79. The van der Waals surface area contributed by atoms with E-state index in [9.17, 15) is 18.3 Å². The van der Waals surface area contributed by atoms with Gasteiger partial charge in [-0.1, -0.05) is 5.16 Å². The summed E-state index contributed by atoms with van der Waals surface area (Å²) in [5, 5.41) is 16.8. The SMILES string of the molecule is OC1(c2nc(COCC(F)(F)F)no2)CCNCC1. The maximum atomic E-state index is 11.9. The molecule has 2 heterocycles. The van der Waals surface area contributed by atoms with E-state index in [1.807, 2.05) is 0 Å². The number of ether oxygens (including phenoxy) is 1. The van der Waals surface area contributed by atoms with Crippen molar-refractivity contribution < 1.29 is 27.5 Å². The summed E-state index contributed by atoms with van der Waals surface area (Å²) in [6.07, 6.45) is -3.56. The molecule has 0 spiro atoms. The lowest BCUT2D eigenvalue weighted by Crippen LogP contribution is -2.39. The first-order chi connectivity index (χ1) is 8.89. The highest BCUT2D eigenvalue weighted by molar-refractivity contribution is 5.00. The summed E-state index contributed by atoms with van der Waals surface area (Å²) in [5.74, 6) is 0.0193. The highest BCUT2D eigenvalue weighted by Gasteiger charge is 2.37. The largest absolute Gasteiger partial charge is 0.411 e. The molecular formula is C10H14F3N3O3. The second kappa shape index (κ2) is 5.43. The average molecular weight is 281 g/mol. The fourth-order valence-corrected chi connectivity index (χ4v) is 1.81. The molecule has 1 aliphatic rings. The molecule has 2 rings (SSSR count). The van der Waals surface area contributed by atoms with Crippen LogP contribution in [0.1, 0.15) is 24.6 Å². The Balaban J connectivity index is 1.91. The number of aliphatic hydroxyl groups is 1. The van der Waals surface area contributed by atoms with Crippen molar-refractivity contribution in [2.24, 2.45) is 0 Å². The average Bonchev–Trinajstić information content (AvgIpc) is 2.78. The van der Waals surface area contributed by atoms with Gasteiger partial charge in [-0.3, -0.25) is 0 Å². The maximum absolute atomic E-state index is 11.9. The molecule has 0 aromatic carbocycles. The lowest BCUT2D eigenvalue weighted by Gasteiger charge is -2.28. The van der Waals surface area contributed by atoms with Gasteiger partial charge in [0.15, 0.2) is 5.82 Å². The molecule has 1 aromatic rings. The van der Waals surface area contributed by atoms with Crippen molar-refractivity contribution in [1.29, 1.82) is 0 Å². The minimum Gasteiger partial charge on any atom is -0.380 e. The summed E-state index contributed by atoms with van der Waals surface area (Å²) in [5.41, 5.74) is -1.21. The van der Waals surface area contributed by atoms with Gasteiger partial charge in [0, 0.05) is 0 Å². The molecule has 1 fully saturated rings. The maximum Gasteiger partial charge on any atom is 0.411 e. The van der Waals surface area contributed by atoms with Gasteiger partial charge in [0.25, 0.3) is 5.89 Å². The van der Waals surface area contributed by atoms with E-state index in [-0.39, 0.29) is 11.7 Å². The number of hydrogen-bond donors (Lipinski definition) is 2. The topological polar surface area (TPSA) is 80.4 Å². The number of aromatic nitrogens is 2. The molecule has 1 aromatic heterocycles. The van der Waals surface area contributed by atoms with Gasteiger partial charge in [-0.05, 0) is 25.9 Å². The van der Waals surface area contributed by atoms with Gasteiger partial charge in [-0.15, -0.1) is 0 Å². The molecule has 0 atom stereocenters. The van der Waals surface area contributed by atoms with E-state index in [4.69, 9.17) is 4.52 Å². The van der Waals surface area contributed by atoms with Crippen LogP contribution in [0.25, 0.3) is 0 Å². The lowest BCUT2D eigenvalue weighted by molar-refractivity contribution is -0.177. The summed E-state index contributed by atoms with van der Waals surface area (Å²) < 4.78 is 44.9. The summed E-state index contributed by atoms with van der Waals surface area (Å²) in [7, 11) is 0. The lowest BCUT2D eigenvalue weighted by atomic mass is 9.92. The monoisotopic (exact) mass is 281 g/mol. The first kappa shape index (κ1) is 14.2. The number of hydrogen-bond acceptors (Lipinski definition) is 6. The predicted molar refractivity (Wildman–Crippen MR) is 56.0 cm³/mol. The Kier molecular flexibility index (Phi) is 4.07. The Hall–Kier alpha value is -1.19. The predicted octanol–water partition coefficient (Wildman–Crippen LogP) is 0.719. The molecule has 19 heavy (non-hydrogen) atoms. The van der Waals surface area contributed by atoms with Crippen LogP contribution in [0.2, 0.25) is 0 Å². The smallest absolute Gasteiger partial charge is 0.380 e. The van der Waals surface area contributed by atoms with Gasteiger partial charge in [-0.2, -0.15) is 18.2 Å². The molecule has 0 amide bonds. The molecule has 0 radical (unpaired) electrons. The van der Waals surface area contributed by atoms with E-state index in [1.165, 1.54) is 0 Å². The number of nitrogens with one attached hydrogen (secondary N) is 1. The van der Waals surface area contributed by atoms with E-state index in [0.717, 1.165) is 0 Å². The molecule has 6 nitrogen and oxygen atoms in total. The highest BCUT2D eigenvalue weighted by Crippen LogP contribution is 2.29. The van der Waals surface area contributed by atoms with Crippen LogP contribution < -0.4 is 5.32 Å². The van der Waals surface area contributed by atoms with E-state index >= 15 is 0 Å². The van der Waals surface area contributed by atoms with Crippen molar-refractivity contribution in [3.05, 3.63) is 11.7 Å². The van der Waals surface area contributed by atoms with Crippen LogP contribution in [-0.2, 0) is 16.9 Å². The van der Waals surface area contributed by atoms with E-state index in [1.54, 1.807) is 0 Å². The van der Waals surface area contributed by atoms with Crippen LogP contribution in [0.4, 0.5) is 13.2 Å². The van der Waals surface area contributed by atoms with Crippen molar-refractivity contribution in [3.8, 4) is 0 Å². The van der Waals surface area contributed by atoms with Crippen molar-refractivity contribution >= 4 is 0 Å². The Bertz CT molecular complexity index is 416. The van der Waals surface area contributed by atoms with Crippen LogP contribution in [0.3, 0.4) is 0 Å². The zero-order chi connectivity index (χ0) is 13.9. The Morgan fingerprint density at radius 1 is 1.37 bits per heavy atom. The van der Waals surface area contributed by atoms with Crippen molar-refractivity contribution in [2.75, 3.05) is 19.7 Å². The van der Waals surface area contributed by atoms with E-state index in [0.29, 0.717) is 25.9 Å². The van der Waals surface area contributed by atoms with Crippen molar-refractivity contribution in [3.63, 3.8) is 0 Å².